The first-order chi connectivity index (χ1) is 16.3. The summed E-state index contributed by atoms with van der Waals surface area (Å²) in [5.74, 6) is 8.25. The molecule has 0 aliphatic heterocycles. The van der Waals surface area contributed by atoms with Gasteiger partial charge in [0.15, 0.2) is 0 Å². The van der Waals surface area contributed by atoms with Crippen molar-refractivity contribution in [1.29, 1.82) is 0 Å². The highest BCUT2D eigenvalue weighted by molar-refractivity contribution is 5.15. The second-order valence-electron chi connectivity index (χ2n) is 13.7. The molecule has 5 rings (SSSR count). The standard InChI is InChI=1S/C33H56/c1-25-12-16-27(17-13-25)29-20-22-30(23-21-29)28-18-14-26(15-19-28)24-33(31-8-4-2-5-9-31)32-10-6-3-7-11-32/h24-32H,2-23H2,1H3. The quantitative estimate of drug-likeness (QED) is 0.364. The highest BCUT2D eigenvalue weighted by Crippen LogP contribution is 2.47. The molecule has 188 valence electrons. The van der Waals surface area contributed by atoms with Crippen LogP contribution in [0.1, 0.15) is 148 Å². The van der Waals surface area contributed by atoms with Crippen LogP contribution < -0.4 is 0 Å². The Morgan fingerprint density at radius 3 is 1.21 bits per heavy atom. The maximum Gasteiger partial charge on any atom is -0.0200 e. The van der Waals surface area contributed by atoms with Crippen molar-refractivity contribution >= 4 is 0 Å². The Morgan fingerprint density at radius 1 is 0.424 bits per heavy atom. The average Bonchev–Trinajstić information content (AvgIpc) is 2.89. The Labute approximate surface area is 207 Å². The largest absolute Gasteiger partial charge is 0.0817 e. The van der Waals surface area contributed by atoms with Gasteiger partial charge in [0.1, 0.15) is 0 Å². The molecule has 0 radical (unpaired) electrons. The van der Waals surface area contributed by atoms with Gasteiger partial charge in [-0.2, -0.15) is 0 Å². The molecule has 0 amide bonds. The van der Waals surface area contributed by atoms with E-state index in [1.165, 1.54) is 89.9 Å². The van der Waals surface area contributed by atoms with Gasteiger partial charge >= 0.3 is 0 Å². The maximum absolute atomic E-state index is 2.92. The Hall–Kier alpha value is -0.260. The monoisotopic (exact) mass is 452 g/mol. The summed E-state index contributed by atoms with van der Waals surface area (Å²) in [5, 5.41) is 0. The van der Waals surface area contributed by atoms with Crippen molar-refractivity contribution in [1.82, 2.24) is 0 Å². The summed E-state index contributed by atoms with van der Waals surface area (Å²) in [6.07, 6.45) is 36.6. The number of rotatable bonds is 5. The van der Waals surface area contributed by atoms with Gasteiger partial charge in [-0.15, -0.1) is 0 Å². The van der Waals surface area contributed by atoms with Crippen molar-refractivity contribution in [3.8, 4) is 0 Å². The molecule has 0 nitrogen and oxygen atoms in total. The van der Waals surface area contributed by atoms with Crippen molar-refractivity contribution < 1.29 is 0 Å². The van der Waals surface area contributed by atoms with Crippen LogP contribution in [0.2, 0.25) is 0 Å². The van der Waals surface area contributed by atoms with E-state index < -0.39 is 0 Å². The van der Waals surface area contributed by atoms with Crippen LogP contribution in [0.3, 0.4) is 0 Å². The third-order valence-corrected chi connectivity index (χ3v) is 11.6. The van der Waals surface area contributed by atoms with E-state index in [1.54, 1.807) is 51.4 Å². The van der Waals surface area contributed by atoms with Crippen molar-refractivity contribution in [2.45, 2.75) is 148 Å². The van der Waals surface area contributed by atoms with Gasteiger partial charge < -0.3 is 0 Å². The van der Waals surface area contributed by atoms with Gasteiger partial charge in [-0.3, -0.25) is 0 Å². The summed E-state index contributed by atoms with van der Waals surface area (Å²) in [4.78, 5) is 0. The predicted octanol–water partition coefficient (Wildman–Crippen LogP) is 10.5. The van der Waals surface area contributed by atoms with E-state index in [1.807, 2.05) is 5.57 Å². The fraction of sp³-hybridized carbons (Fsp3) is 0.939. The predicted molar refractivity (Wildman–Crippen MR) is 143 cm³/mol. The summed E-state index contributed by atoms with van der Waals surface area (Å²) in [6.45, 7) is 2.48. The van der Waals surface area contributed by atoms with E-state index in [0.29, 0.717) is 0 Å². The first kappa shape index (κ1) is 24.4. The van der Waals surface area contributed by atoms with Crippen LogP contribution in [0.5, 0.6) is 0 Å². The smallest absolute Gasteiger partial charge is 0.0200 e. The molecular formula is C33H56. The van der Waals surface area contributed by atoms with Gasteiger partial charge in [0, 0.05) is 0 Å². The zero-order valence-electron chi connectivity index (χ0n) is 22.3. The van der Waals surface area contributed by atoms with Crippen LogP contribution in [0, 0.1) is 47.3 Å². The molecule has 0 atom stereocenters. The van der Waals surface area contributed by atoms with Gasteiger partial charge in [0.05, 0.1) is 0 Å². The molecule has 5 saturated carbocycles. The lowest BCUT2D eigenvalue weighted by molar-refractivity contribution is 0.110. The molecule has 0 aromatic rings. The van der Waals surface area contributed by atoms with E-state index in [0.717, 1.165) is 47.3 Å². The summed E-state index contributed by atoms with van der Waals surface area (Å²) in [7, 11) is 0. The van der Waals surface area contributed by atoms with Crippen LogP contribution in [0.15, 0.2) is 11.6 Å². The lowest BCUT2D eigenvalue weighted by Gasteiger charge is -2.41. The molecule has 0 spiro atoms. The molecule has 0 N–H and O–H groups in total. The van der Waals surface area contributed by atoms with E-state index in [-0.39, 0.29) is 0 Å². The first-order valence-electron chi connectivity index (χ1n) is 16.0. The molecule has 0 saturated heterocycles. The van der Waals surface area contributed by atoms with Gasteiger partial charge in [-0.25, -0.2) is 0 Å². The lowest BCUT2D eigenvalue weighted by Crippen LogP contribution is -2.29. The van der Waals surface area contributed by atoms with E-state index in [2.05, 4.69) is 13.0 Å². The fourth-order valence-electron chi connectivity index (χ4n) is 9.38. The molecule has 33 heavy (non-hydrogen) atoms. The van der Waals surface area contributed by atoms with E-state index >= 15 is 0 Å². The zero-order valence-corrected chi connectivity index (χ0v) is 22.3. The van der Waals surface area contributed by atoms with Crippen LogP contribution in [-0.2, 0) is 0 Å². The second-order valence-corrected chi connectivity index (χ2v) is 13.7. The maximum atomic E-state index is 2.92. The molecule has 5 aliphatic rings. The first-order valence-corrected chi connectivity index (χ1v) is 16.0. The van der Waals surface area contributed by atoms with E-state index in [9.17, 15) is 0 Å². The summed E-state index contributed by atoms with van der Waals surface area (Å²) < 4.78 is 0. The Kier molecular flexibility index (Phi) is 8.98. The highest BCUT2D eigenvalue weighted by Gasteiger charge is 2.34. The summed E-state index contributed by atoms with van der Waals surface area (Å²) in [6, 6.07) is 0. The van der Waals surface area contributed by atoms with Crippen molar-refractivity contribution in [2.75, 3.05) is 0 Å². The SMILES string of the molecule is CC1CCC(C2CCC(C3CCC(C=C(C4CCCCC4)C4CCCCC4)CC3)CC2)CC1. The molecular weight excluding hydrogens is 396 g/mol. The fourth-order valence-corrected chi connectivity index (χ4v) is 9.38. The van der Waals surface area contributed by atoms with Crippen LogP contribution in [-0.4, -0.2) is 0 Å². The Bertz CT molecular complexity index is 560. The van der Waals surface area contributed by atoms with Crippen LogP contribution in [0.4, 0.5) is 0 Å². The molecule has 0 aromatic heterocycles. The number of allylic oxidation sites excluding steroid dienone is 2. The molecule has 5 aliphatic carbocycles. The molecule has 5 fully saturated rings. The lowest BCUT2D eigenvalue weighted by atomic mass is 9.65. The summed E-state index contributed by atoms with van der Waals surface area (Å²) >= 11 is 0. The number of hydrogen-bond donors (Lipinski definition) is 0. The topological polar surface area (TPSA) is 0 Å². The number of hydrogen-bond acceptors (Lipinski definition) is 0. The van der Waals surface area contributed by atoms with E-state index in [4.69, 9.17) is 0 Å². The molecule has 0 bridgehead atoms. The normalized spacial score (nSPS) is 39.8. The molecule has 0 aromatic carbocycles. The minimum absolute atomic E-state index is 0.931. The van der Waals surface area contributed by atoms with Gasteiger partial charge in [-0.05, 0) is 137 Å². The second kappa shape index (κ2) is 12.1. The Balaban J connectivity index is 1.11. The average molecular weight is 453 g/mol. The minimum Gasteiger partial charge on any atom is -0.0817 e. The highest BCUT2D eigenvalue weighted by atomic mass is 14.4. The van der Waals surface area contributed by atoms with Crippen molar-refractivity contribution in [2.24, 2.45) is 47.3 Å². The minimum atomic E-state index is 0.931. The molecule has 0 heteroatoms. The van der Waals surface area contributed by atoms with Gasteiger partial charge in [0.2, 0.25) is 0 Å². The van der Waals surface area contributed by atoms with Gasteiger partial charge in [0.25, 0.3) is 0 Å². The van der Waals surface area contributed by atoms with Crippen molar-refractivity contribution in [3.05, 3.63) is 11.6 Å². The van der Waals surface area contributed by atoms with Crippen molar-refractivity contribution in [3.63, 3.8) is 0 Å². The van der Waals surface area contributed by atoms with Crippen LogP contribution in [0.25, 0.3) is 0 Å². The molecule has 0 heterocycles. The summed E-state index contributed by atoms with van der Waals surface area (Å²) in [5.41, 5.74) is 1.99. The zero-order chi connectivity index (χ0) is 22.5. The third kappa shape index (κ3) is 6.50. The Morgan fingerprint density at radius 2 is 0.788 bits per heavy atom. The third-order valence-electron chi connectivity index (χ3n) is 11.6. The van der Waals surface area contributed by atoms with Gasteiger partial charge in [-0.1, -0.05) is 69.9 Å². The van der Waals surface area contributed by atoms with Crippen LogP contribution >= 0.6 is 0 Å². The molecule has 0 unspecified atom stereocenters.